The summed E-state index contributed by atoms with van der Waals surface area (Å²) in [6.07, 6.45) is 14.7. The van der Waals surface area contributed by atoms with E-state index in [1.165, 1.54) is 23.1 Å². The summed E-state index contributed by atoms with van der Waals surface area (Å²) >= 11 is 0. The fraction of sp³-hybridized carbons (Fsp3) is 0.455. The van der Waals surface area contributed by atoms with Gasteiger partial charge in [0.1, 0.15) is 23.7 Å². The van der Waals surface area contributed by atoms with Crippen molar-refractivity contribution in [2.45, 2.75) is 65.9 Å². The number of benzene rings is 2. The van der Waals surface area contributed by atoms with Gasteiger partial charge in [-0.25, -0.2) is 0 Å². The summed E-state index contributed by atoms with van der Waals surface area (Å²) in [6.45, 7) is 17.0. The Hall–Kier alpha value is -2.78. The first kappa shape index (κ1) is 27.8. The van der Waals surface area contributed by atoms with Gasteiger partial charge in [0.05, 0.1) is 0 Å². The molecule has 0 bridgehead atoms. The highest BCUT2D eigenvalue weighted by Gasteiger charge is 2.34. The van der Waals surface area contributed by atoms with Gasteiger partial charge in [0.25, 0.3) is 0 Å². The fourth-order valence-corrected chi connectivity index (χ4v) is 4.76. The van der Waals surface area contributed by atoms with Gasteiger partial charge in [-0.15, -0.1) is 0 Å². The second-order valence-electron chi connectivity index (χ2n) is 10.5. The van der Waals surface area contributed by atoms with Gasteiger partial charge in [0, 0.05) is 18.0 Å². The van der Waals surface area contributed by atoms with Crippen molar-refractivity contribution >= 4 is 0 Å². The molecule has 3 heteroatoms. The lowest BCUT2D eigenvalue weighted by Crippen LogP contribution is -2.35. The maximum absolute atomic E-state index is 6.25. The Balaban J connectivity index is 0.000000383. The van der Waals surface area contributed by atoms with Crippen LogP contribution in [0.25, 0.3) is 0 Å². The van der Waals surface area contributed by atoms with Crippen LogP contribution in [0, 0.1) is 12.8 Å². The number of hydrogen-bond donors (Lipinski definition) is 0. The number of nitrogens with zero attached hydrogens (tertiary/aromatic N) is 1. The molecular formula is C33H45NO2. The van der Waals surface area contributed by atoms with Crippen molar-refractivity contribution in [2.75, 3.05) is 26.2 Å². The predicted octanol–water partition coefficient (Wildman–Crippen LogP) is 8.10. The summed E-state index contributed by atoms with van der Waals surface area (Å²) in [7, 11) is 0. The standard InChI is InChI=1S/C25H35NO2.C8H10/c1-6-14-26(7-2)15-16-27-21-11-9-20(10-12-21)23-18-25(4,5)28-24-17-19(3)8-13-22(23)24;1-8-6-4-2-3-5-7-8/h8-13,17,23H,6-7,14-16,18H2,1-5H3;2-8H,1H3/t23-;/m1./s1. The third-order valence-electron chi connectivity index (χ3n) is 6.73. The van der Waals surface area contributed by atoms with E-state index in [1.54, 1.807) is 0 Å². The molecule has 36 heavy (non-hydrogen) atoms. The molecule has 0 unspecified atom stereocenters. The molecule has 4 rings (SSSR count). The lowest BCUT2D eigenvalue weighted by molar-refractivity contribution is 0.0774. The lowest BCUT2D eigenvalue weighted by Gasteiger charge is -2.38. The highest BCUT2D eigenvalue weighted by molar-refractivity contribution is 5.47. The monoisotopic (exact) mass is 487 g/mol. The van der Waals surface area contributed by atoms with E-state index in [-0.39, 0.29) is 5.60 Å². The largest absolute Gasteiger partial charge is 0.492 e. The zero-order valence-electron chi connectivity index (χ0n) is 23.2. The van der Waals surface area contributed by atoms with E-state index in [1.807, 2.05) is 12.2 Å². The smallest absolute Gasteiger partial charge is 0.124 e. The highest BCUT2D eigenvalue weighted by Crippen LogP contribution is 2.44. The van der Waals surface area contributed by atoms with Crippen molar-refractivity contribution in [2.24, 2.45) is 5.92 Å². The molecule has 0 saturated heterocycles. The molecule has 1 atom stereocenters. The number of allylic oxidation sites excluding steroid dienone is 6. The molecule has 0 amide bonds. The molecule has 0 spiro atoms. The summed E-state index contributed by atoms with van der Waals surface area (Å²) in [5, 5.41) is 0. The number of rotatable bonds is 8. The maximum atomic E-state index is 6.25. The number of fused-ring (bicyclic) bond motifs is 1. The Morgan fingerprint density at radius 3 is 2.28 bits per heavy atom. The first-order chi connectivity index (χ1) is 17.3. The van der Waals surface area contributed by atoms with E-state index in [2.05, 4.69) is 113 Å². The Kier molecular flexibility index (Phi) is 10.4. The molecule has 194 valence electrons. The number of aryl methyl sites for hydroxylation is 1. The number of hydrogen-bond acceptors (Lipinski definition) is 3. The van der Waals surface area contributed by atoms with Crippen molar-refractivity contribution in [3.8, 4) is 11.5 Å². The maximum Gasteiger partial charge on any atom is 0.124 e. The van der Waals surface area contributed by atoms with Crippen LogP contribution >= 0.6 is 0 Å². The molecule has 0 saturated carbocycles. The van der Waals surface area contributed by atoms with Crippen LogP contribution in [0.1, 0.15) is 70.1 Å². The van der Waals surface area contributed by atoms with Crippen LogP contribution in [-0.2, 0) is 0 Å². The SMILES string of the molecule is CC1C=CC=CC=C1.CCCN(CC)CCOc1ccc([C@H]2CC(C)(C)Oc3cc(C)ccc32)cc1. The van der Waals surface area contributed by atoms with Gasteiger partial charge in [-0.3, -0.25) is 0 Å². The van der Waals surface area contributed by atoms with Gasteiger partial charge >= 0.3 is 0 Å². The van der Waals surface area contributed by atoms with Crippen LogP contribution in [0.4, 0.5) is 0 Å². The quantitative estimate of drug-likeness (QED) is 0.375. The first-order valence-electron chi connectivity index (χ1n) is 13.6. The summed E-state index contributed by atoms with van der Waals surface area (Å²) in [4.78, 5) is 2.43. The average Bonchev–Trinajstić information content (AvgIpc) is 3.10. The number of ether oxygens (including phenoxy) is 2. The molecule has 1 aliphatic carbocycles. The van der Waals surface area contributed by atoms with Crippen LogP contribution in [0.15, 0.2) is 78.9 Å². The first-order valence-corrected chi connectivity index (χ1v) is 13.6. The van der Waals surface area contributed by atoms with E-state index < -0.39 is 0 Å². The molecule has 3 nitrogen and oxygen atoms in total. The van der Waals surface area contributed by atoms with Crippen LogP contribution in [0.2, 0.25) is 0 Å². The van der Waals surface area contributed by atoms with Crippen molar-refractivity contribution in [1.82, 2.24) is 4.90 Å². The second kappa shape index (κ2) is 13.5. The molecule has 0 radical (unpaired) electrons. The van der Waals surface area contributed by atoms with E-state index >= 15 is 0 Å². The zero-order valence-corrected chi connectivity index (χ0v) is 23.2. The Morgan fingerprint density at radius 2 is 1.64 bits per heavy atom. The van der Waals surface area contributed by atoms with Crippen LogP contribution < -0.4 is 9.47 Å². The third kappa shape index (κ3) is 8.41. The van der Waals surface area contributed by atoms with Crippen LogP contribution in [-0.4, -0.2) is 36.7 Å². The predicted molar refractivity (Wildman–Crippen MR) is 153 cm³/mol. The highest BCUT2D eigenvalue weighted by atomic mass is 16.5. The minimum Gasteiger partial charge on any atom is -0.492 e. The van der Waals surface area contributed by atoms with Gasteiger partial charge in [0.15, 0.2) is 0 Å². The van der Waals surface area contributed by atoms with Gasteiger partial charge in [-0.1, -0.05) is 81.5 Å². The molecule has 1 heterocycles. The molecule has 2 aromatic carbocycles. The lowest BCUT2D eigenvalue weighted by atomic mass is 9.80. The summed E-state index contributed by atoms with van der Waals surface area (Å²) in [5.74, 6) is 2.93. The third-order valence-corrected chi connectivity index (χ3v) is 6.73. The molecule has 0 N–H and O–H groups in total. The topological polar surface area (TPSA) is 21.7 Å². The molecule has 0 aromatic heterocycles. The van der Waals surface area contributed by atoms with Gasteiger partial charge in [0.2, 0.25) is 0 Å². The van der Waals surface area contributed by atoms with Crippen molar-refractivity contribution in [3.63, 3.8) is 0 Å². The van der Waals surface area contributed by atoms with Gasteiger partial charge in [-0.2, -0.15) is 0 Å². The van der Waals surface area contributed by atoms with Gasteiger partial charge in [-0.05, 0) is 81.9 Å². The van der Waals surface area contributed by atoms with E-state index in [0.717, 1.165) is 44.2 Å². The van der Waals surface area contributed by atoms with Crippen LogP contribution in [0.3, 0.4) is 0 Å². The van der Waals surface area contributed by atoms with Crippen LogP contribution in [0.5, 0.6) is 11.5 Å². The van der Waals surface area contributed by atoms with E-state index in [0.29, 0.717) is 11.8 Å². The average molecular weight is 488 g/mol. The molecular weight excluding hydrogens is 442 g/mol. The second-order valence-corrected chi connectivity index (χ2v) is 10.5. The molecule has 0 fully saturated rings. The van der Waals surface area contributed by atoms with Crippen molar-refractivity contribution < 1.29 is 9.47 Å². The summed E-state index contributed by atoms with van der Waals surface area (Å²) < 4.78 is 12.2. The van der Waals surface area contributed by atoms with E-state index in [4.69, 9.17) is 9.47 Å². The van der Waals surface area contributed by atoms with E-state index in [9.17, 15) is 0 Å². The van der Waals surface area contributed by atoms with Crippen molar-refractivity contribution in [3.05, 3.63) is 95.6 Å². The summed E-state index contributed by atoms with van der Waals surface area (Å²) in [6, 6.07) is 15.2. The minimum absolute atomic E-state index is 0.163. The summed E-state index contributed by atoms with van der Waals surface area (Å²) in [5.41, 5.74) is 3.69. The minimum atomic E-state index is -0.163. The number of likely N-dealkylation sites (N-methyl/N-ethyl adjacent to an activating group) is 1. The Labute approximate surface area is 219 Å². The zero-order chi connectivity index (χ0) is 26.0. The molecule has 2 aromatic rings. The molecule has 2 aliphatic rings. The Morgan fingerprint density at radius 1 is 0.944 bits per heavy atom. The van der Waals surface area contributed by atoms with Crippen molar-refractivity contribution in [1.29, 1.82) is 0 Å². The normalized spacial score (nSPS) is 18.1. The molecule has 1 aliphatic heterocycles. The fourth-order valence-electron chi connectivity index (χ4n) is 4.76. The van der Waals surface area contributed by atoms with Gasteiger partial charge < -0.3 is 14.4 Å². The Bertz CT molecular complexity index is 1020.